The average Bonchev–Trinajstić information content (AvgIpc) is 3.18. The molecule has 2 heterocycles. The normalized spacial score (nSPS) is 60.9. The van der Waals surface area contributed by atoms with E-state index in [2.05, 4.69) is 34.6 Å². The quantitative estimate of drug-likeness (QED) is 0.457. The van der Waals surface area contributed by atoms with Crippen molar-refractivity contribution in [3.8, 4) is 0 Å². The van der Waals surface area contributed by atoms with Crippen LogP contribution in [0.15, 0.2) is 0 Å². The molecule has 0 aromatic carbocycles. The molecule has 12 atom stereocenters. The van der Waals surface area contributed by atoms with Crippen LogP contribution >= 0.6 is 0 Å². The molecule has 6 rings (SSSR count). The Morgan fingerprint density at radius 2 is 1.68 bits per heavy atom. The van der Waals surface area contributed by atoms with Gasteiger partial charge in [0.1, 0.15) is 5.78 Å². The molecule has 4 saturated carbocycles. The fourth-order valence-electron chi connectivity index (χ4n) is 10.2. The zero-order valence-corrected chi connectivity index (χ0v) is 20.5. The summed E-state index contributed by atoms with van der Waals surface area (Å²) < 4.78 is 13.2. The van der Waals surface area contributed by atoms with Crippen molar-refractivity contribution in [3.63, 3.8) is 0 Å². The Bertz CT molecular complexity index is 753. The molecule has 1 unspecified atom stereocenters. The largest absolute Gasteiger partial charge is 0.349 e. The first-order valence-corrected chi connectivity index (χ1v) is 13.5. The molecule has 2 aliphatic heterocycles. The number of hydrogen-bond donors (Lipinski definition) is 0. The van der Waals surface area contributed by atoms with Crippen LogP contribution in [0.5, 0.6) is 0 Å². The number of fused-ring (bicyclic) bond motifs is 7. The molecule has 174 valence electrons. The highest BCUT2D eigenvalue weighted by Crippen LogP contribution is 2.70. The van der Waals surface area contributed by atoms with Gasteiger partial charge in [0.25, 0.3) is 0 Å². The van der Waals surface area contributed by atoms with Gasteiger partial charge < -0.3 is 9.47 Å². The summed E-state index contributed by atoms with van der Waals surface area (Å²) in [6, 6.07) is 0. The molecule has 4 aliphatic carbocycles. The van der Waals surface area contributed by atoms with Crippen molar-refractivity contribution in [2.45, 2.75) is 104 Å². The van der Waals surface area contributed by atoms with Crippen molar-refractivity contribution in [2.24, 2.45) is 58.2 Å². The van der Waals surface area contributed by atoms with Crippen molar-refractivity contribution >= 4 is 5.78 Å². The summed E-state index contributed by atoms with van der Waals surface area (Å²) in [4.78, 5) is 14.0. The maximum absolute atomic E-state index is 14.0. The summed E-state index contributed by atoms with van der Waals surface area (Å²) in [5.41, 5.74) is 0.187. The lowest BCUT2D eigenvalue weighted by molar-refractivity contribution is -0.272. The van der Waals surface area contributed by atoms with E-state index in [1.807, 2.05) is 0 Å². The smallest absolute Gasteiger partial charge is 0.171 e. The van der Waals surface area contributed by atoms with E-state index < -0.39 is 5.79 Å². The molecule has 0 aromatic heterocycles. The maximum Gasteiger partial charge on any atom is 0.171 e. The summed E-state index contributed by atoms with van der Waals surface area (Å²) in [6.07, 6.45) is 11.1. The van der Waals surface area contributed by atoms with Crippen molar-refractivity contribution in [1.82, 2.24) is 0 Å². The lowest BCUT2D eigenvalue weighted by Crippen LogP contribution is -2.58. The highest BCUT2D eigenvalue weighted by Gasteiger charge is 2.71. The third kappa shape index (κ3) is 2.69. The second-order valence-corrected chi connectivity index (χ2v) is 13.4. The predicted octanol–water partition coefficient (Wildman–Crippen LogP) is 6.25. The molecule has 6 fully saturated rings. The third-order valence-corrected chi connectivity index (χ3v) is 12.1. The highest BCUT2D eigenvalue weighted by atomic mass is 16.7. The van der Waals surface area contributed by atoms with E-state index >= 15 is 0 Å². The average molecular weight is 429 g/mol. The zero-order chi connectivity index (χ0) is 21.8. The number of ether oxygens (including phenoxy) is 2. The van der Waals surface area contributed by atoms with Crippen LogP contribution < -0.4 is 0 Å². The van der Waals surface area contributed by atoms with Crippen LogP contribution in [0.25, 0.3) is 0 Å². The van der Waals surface area contributed by atoms with Gasteiger partial charge in [0.2, 0.25) is 0 Å². The van der Waals surface area contributed by atoms with E-state index in [9.17, 15) is 4.79 Å². The van der Waals surface area contributed by atoms with Gasteiger partial charge in [-0.3, -0.25) is 4.79 Å². The highest BCUT2D eigenvalue weighted by molar-refractivity contribution is 5.87. The van der Waals surface area contributed by atoms with Crippen LogP contribution in [0.2, 0.25) is 0 Å². The SMILES string of the molecule is CC1CC[C@@]2(C)[C@H](CC[C@H]3[C@@H]2CC(=O)[C@]2(C)[C@@H]4[C@H](C[C@@H]32)O[C@]2(CC[C@@H](C)CO2)[C@H]4C)C1. The van der Waals surface area contributed by atoms with Crippen molar-refractivity contribution in [2.75, 3.05) is 6.61 Å². The van der Waals surface area contributed by atoms with E-state index in [4.69, 9.17) is 9.47 Å². The predicted molar refractivity (Wildman–Crippen MR) is 121 cm³/mol. The number of carbonyl (C=O) groups is 1. The van der Waals surface area contributed by atoms with Gasteiger partial charge in [-0.2, -0.15) is 0 Å². The minimum Gasteiger partial charge on any atom is -0.349 e. The van der Waals surface area contributed by atoms with E-state index in [1.165, 1.54) is 38.5 Å². The summed E-state index contributed by atoms with van der Waals surface area (Å²) in [5.74, 6) is 5.00. The van der Waals surface area contributed by atoms with Gasteiger partial charge >= 0.3 is 0 Å². The van der Waals surface area contributed by atoms with Gasteiger partial charge in [-0.1, -0.05) is 41.0 Å². The number of ketones is 1. The lowest BCUT2D eigenvalue weighted by Gasteiger charge is -2.60. The standard InChI is InChI=1S/C28H44O3/c1-16-8-10-26(4)19(12-16)6-7-20-21(26)14-24(29)27(5)22(20)13-23-25(27)18(3)28(31-23)11-9-17(2)15-30-28/h16-23,25H,6-15H2,1-5H3/t16?,17-,18+,19-,20+,21+,22+,23+,25+,26+,27-,28-/m1/s1. The molecule has 0 aromatic rings. The molecule has 0 bridgehead atoms. The van der Waals surface area contributed by atoms with Crippen LogP contribution in [-0.4, -0.2) is 24.3 Å². The molecule has 3 heteroatoms. The monoisotopic (exact) mass is 428 g/mol. The fraction of sp³-hybridized carbons (Fsp3) is 0.964. The minimum atomic E-state index is -0.421. The second-order valence-electron chi connectivity index (χ2n) is 13.4. The third-order valence-electron chi connectivity index (χ3n) is 12.1. The van der Waals surface area contributed by atoms with Gasteiger partial charge in [-0.15, -0.1) is 0 Å². The van der Waals surface area contributed by atoms with Gasteiger partial charge in [-0.25, -0.2) is 0 Å². The first kappa shape index (κ1) is 21.1. The Morgan fingerprint density at radius 1 is 0.903 bits per heavy atom. The Hall–Kier alpha value is -0.410. The number of carbonyl (C=O) groups excluding carboxylic acids is 1. The van der Waals surface area contributed by atoms with E-state index in [0.29, 0.717) is 40.8 Å². The summed E-state index contributed by atoms with van der Waals surface area (Å²) >= 11 is 0. The molecule has 2 saturated heterocycles. The van der Waals surface area contributed by atoms with E-state index in [0.717, 1.165) is 43.6 Å². The minimum absolute atomic E-state index is 0.202. The van der Waals surface area contributed by atoms with Crippen LogP contribution in [-0.2, 0) is 14.3 Å². The summed E-state index contributed by atoms with van der Waals surface area (Å²) in [7, 11) is 0. The molecule has 3 nitrogen and oxygen atoms in total. The van der Waals surface area contributed by atoms with Gasteiger partial charge in [-0.05, 0) is 79.4 Å². The molecule has 6 aliphatic rings. The van der Waals surface area contributed by atoms with Gasteiger partial charge in [0.15, 0.2) is 5.79 Å². The second kappa shape index (κ2) is 6.81. The number of rotatable bonds is 0. The Labute approximate surface area is 189 Å². The molecule has 31 heavy (non-hydrogen) atoms. The number of Topliss-reactive ketones (excluding diaryl/α,β-unsaturated/α-hetero) is 1. The van der Waals surface area contributed by atoms with E-state index in [1.54, 1.807) is 0 Å². The molecule has 0 amide bonds. The molecular weight excluding hydrogens is 384 g/mol. The Morgan fingerprint density at radius 3 is 2.42 bits per heavy atom. The lowest BCUT2D eigenvalue weighted by atomic mass is 9.43. The van der Waals surface area contributed by atoms with Crippen LogP contribution in [0, 0.1) is 58.2 Å². The Kier molecular flexibility index (Phi) is 4.65. The van der Waals surface area contributed by atoms with Gasteiger partial charge in [0, 0.05) is 30.1 Å². The maximum atomic E-state index is 14.0. The van der Waals surface area contributed by atoms with Gasteiger partial charge in [0.05, 0.1) is 12.7 Å². The van der Waals surface area contributed by atoms with Crippen LogP contribution in [0.1, 0.15) is 92.4 Å². The fourth-order valence-corrected chi connectivity index (χ4v) is 10.2. The number of hydrogen-bond acceptors (Lipinski definition) is 3. The first-order chi connectivity index (χ1) is 14.7. The van der Waals surface area contributed by atoms with Crippen molar-refractivity contribution in [1.29, 1.82) is 0 Å². The molecule has 0 N–H and O–H groups in total. The summed E-state index contributed by atoms with van der Waals surface area (Å²) in [5, 5.41) is 0. The Balaban J connectivity index is 1.30. The van der Waals surface area contributed by atoms with Crippen molar-refractivity contribution in [3.05, 3.63) is 0 Å². The molecular formula is C28H44O3. The van der Waals surface area contributed by atoms with E-state index in [-0.39, 0.29) is 11.5 Å². The first-order valence-electron chi connectivity index (χ1n) is 13.5. The molecule has 1 spiro atoms. The molecule has 0 radical (unpaired) electrons. The topological polar surface area (TPSA) is 35.5 Å². The zero-order valence-electron chi connectivity index (χ0n) is 20.5. The van der Waals surface area contributed by atoms with Crippen LogP contribution in [0.3, 0.4) is 0 Å². The van der Waals surface area contributed by atoms with Crippen LogP contribution in [0.4, 0.5) is 0 Å². The summed E-state index contributed by atoms with van der Waals surface area (Å²) in [6.45, 7) is 12.8. The van der Waals surface area contributed by atoms with Crippen molar-refractivity contribution < 1.29 is 14.3 Å².